The van der Waals surface area contributed by atoms with Crippen LogP contribution in [-0.4, -0.2) is 50.1 Å². The highest BCUT2D eigenvalue weighted by atomic mass is 32.2. The number of hydrogen-bond acceptors (Lipinski definition) is 7. The van der Waals surface area contributed by atoms with Crippen molar-refractivity contribution in [1.82, 2.24) is 15.6 Å². The van der Waals surface area contributed by atoms with E-state index >= 15 is 0 Å². The number of sulfone groups is 1. The Balaban J connectivity index is 1.69. The number of hydrogen-bond donors (Lipinski definition) is 2. The topological polar surface area (TPSA) is 101 Å². The monoisotopic (exact) mass is 285 g/mol. The number of carbonyl (C=O) groups is 1. The Labute approximate surface area is 110 Å². The number of carbonyl (C=O) groups excluding carboxylic acids is 1. The third kappa shape index (κ3) is 2.43. The molecule has 7 nitrogen and oxygen atoms in total. The molecule has 104 valence electrons. The molecule has 2 N–H and O–H groups in total. The van der Waals surface area contributed by atoms with E-state index < -0.39 is 9.84 Å². The first kappa shape index (κ1) is 12.8. The molecule has 3 rings (SSSR count). The molecule has 1 unspecified atom stereocenters. The van der Waals surface area contributed by atoms with Gasteiger partial charge in [0.25, 0.3) is 0 Å². The molecule has 2 aliphatic heterocycles. The van der Waals surface area contributed by atoms with E-state index in [4.69, 9.17) is 4.42 Å². The van der Waals surface area contributed by atoms with Crippen LogP contribution in [0.25, 0.3) is 0 Å². The average molecular weight is 285 g/mol. The van der Waals surface area contributed by atoms with Gasteiger partial charge in [-0.3, -0.25) is 4.79 Å². The van der Waals surface area contributed by atoms with E-state index in [9.17, 15) is 13.2 Å². The van der Waals surface area contributed by atoms with Crippen molar-refractivity contribution in [3.05, 3.63) is 17.8 Å². The van der Waals surface area contributed by atoms with E-state index in [1.165, 1.54) is 6.26 Å². The number of nitrogens with one attached hydrogen (secondary N) is 2. The van der Waals surface area contributed by atoms with Gasteiger partial charge in [-0.05, 0) is 13.0 Å². The van der Waals surface area contributed by atoms with Gasteiger partial charge >= 0.3 is 0 Å². The summed E-state index contributed by atoms with van der Waals surface area (Å²) in [6.07, 6.45) is 2.03. The van der Waals surface area contributed by atoms with Gasteiger partial charge in [-0.25, -0.2) is 13.4 Å². The predicted octanol–water partition coefficient (Wildman–Crippen LogP) is -0.894. The number of aromatic nitrogens is 1. The minimum atomic E-state index is -3.25. The molecule has 0 radical (unpaired) electrons. The maximum absolute atomic E-state index is 11.9. The Morgan fingerprint density at radius 1 is 1.47 bits per heavy atom. The van der Waals surface area contributed by atoms with Crippen LogP contribution >= 0.6 is 0 Å². The van der Waals surface area contributed by atoms with E-state index in [0.29, 0.717) is 13.1 Å². The molecule has 3 heterocycles. The molecule has 1 atom stereocenters. The predicted molar refractivity (Wildman–Crippen MR) is 66.5 cm³/mol. The molecule has 0 aromatic carbocycles. The zero-order chi connectivity index (χ0) is 13.5. The third-order valence-electron chi connectivity index (χ3n) is 3.52. The highest BCUT2D eigenvalue weighted by molar-refractivity contribution is 7.91. The fourth-order valence-corrected chi connectivity index (χ4v) is 3.44. The number of nitrogens with zero attached hydrogens (tertiary/aromatic N) is 1. The molecular weight excluding hydrogens is 270 g/mol. The SMILES string of the molecule is O=C(c1coc(CS(=O)(=O)C2CNC2)n1)C1CCN1. The number of oxazole rings is 1. The second-order valence-electron chi connectivity index (χ2n) is 4.87. The van der Waals surface area contributed by atoms with Crippen LogP contribution in [0.2, 0.25) is 0 Å². The fraction of sp³-hybridized carbons (Fsp3) is 0.636. The molecule has 19 heavy (non-hydrogen) atoms. The lowest BCUT2D eigenvalue weighted by Gasteiger charge is -2.26. The molecule has 0 saturated carbocycles. The van der Waals surface area contributed by atoms with Gasteiger partial charge in [-0.15, -0.1) is 0 Å². The van der Waals surface area contributed by atoms with Crippen molar-refractivity contribution in [1.29, 1.82) is 0 Å². The molecule has 1 aromatic heterocycles. The first-order chi connectivity index (χ1) is 9.06. The lowest BCUT2D eigenvalue weighted by atomic mass is 10.0. The summed E-state index contributed by atoms with van der Waals surface area (Å²) in [5.41, 5.74) is 0.203. The van der Waals surface area contributed by atoms with E-state index in [2.05, 4.69) is 15.6 Å². The number of Topliss-reactive ketones (excluding diaryl/α,β-unsaturated/α-hetero) is 1. The van der Waals surface area contributed by atoms with E-state index in [1.807, 2.05) is 0 Å². The summed E-state index contributed by atoms with van der Waals surface area (Å²) in [6, 6.07) is -0.203. The minimum Gasteiger partial charge on any atom is -0.447 e. The molecule has 0 amide bonds. The van der Waals surface area contributed by atoms with Crippen LogP contribution in [-0.2, 0) is 15.6 Å². The zero-order valence-corrected chi connectivity index (χ0v) is 11.1. The first-order valence-corrected chi connectivity index (χ1v) is 7.92. The summed E-state index contributed by atoms with van der Waals surface area (Å²) in [4.78, 5) is 15.8. The summed E-state index contributed by atoms with van der Waals surface area (Å²) in [6.45, 7) is 1.77. The lowest BCUT2D eigenvalue weighted by molar-refractivity contribution is 0.0899. The van der Waals surface area contributed by atoms with Crippen LogP contribution in [0.1, 0.15) is 22.8 Å². The van der Waals surface area contributed by atoms with Gasteiger partial charge in [0.15, 0.2) is 9.84 Å². The van der Waals surface area contributed by atoms with Crippen molar-refractivity contribution in [3.8, 4) is 0 Å². The normalized spacial score (nSPS) is 23.7. The highest BCUT2D eigenvalue weighted by Gasteiger charge is 2.33. The van der Waals surface area contributed by atoms with Crippen LogP contribution in [0, 0.1) is 0 Å². The first-order valence-electron chi connectivity index (χ1n) is 6.20. The maximum atomic E-state index is 11.9. The summed E-state index contributed by atoms with van der Waals surface area (Å²) < 4.78 is 29.0. The lowest BCUT2D eigenvalue weighted by Crippen LogP contribution is -2.51. The van der Waals surface area contributed by atoms with Crippen LogP contribution in [0.4, 0.5) is 0 Å². The van der Waals surface area contributed by atoms with Crippen molar-refractivity contribution in [2.75, 3.05) is 19.6 Å². The van der Waals surface area contributed by atoms with Crippen molar-refractivity contribution in [2.45, 2.75) is 23.5 Å². The second-order valence-corrected chi connectivity index (χ2v) is 7.15. The van der Waals surface area contributed by atoms with Gasteiger partial charge in [-0.1, -0.05) is 0 Å². The van der Waals surface area contributed by atoms with Crippen LogP contribution in [0.3, 0.4) is 0 Å². The van der Waals surface area contributed by atoms with Gasteiger partial charge in [0.2, 0.25) is 11.7 Å². The van der Waals surface area contributed by atoms with Crippen LogP contribution < -0.4 is 10.6 Å². The summed E-state index contributed by atoms with van der Waals surface area (Å²) >= 11 is 0. The largest absolute Gasteiger partial charge is 0.447 e. The molecule has 1 aromatic rings. The molecule has 2 saturated heterocycles. The Kier molecular flexibility index (Phi) is 3.15. The quantitative estimate of drug-likeness (QED) is 0.676. The molecule has 0 spiro atoms. The molecule has 0 aliphatic carbocycles. The van der Waals surface area contributed by atoms with E-state index in [0.717, 1.165) is 13.0 Å². The number of rotatable bonds is 5. The van der Waals surface area contributed by atoms with Gasteiger partial charge < -0.3 is 15.1 Å². The average Bonchev–Trinajstić information content (AvgIpc) is 2.58. The maximum Gasteiger partial charge on any atom is 0.209 e. The van der Waals surface area contributed by atoms with E-state index in [-0.39, 0.29) is 34.4 Å². The Bertz CT molecular complexity index is 587. The van der Waals surface area contributed by atoms with Crippen LogP contribution in [0.15, 0.2) is 10.7 Å². The molecule has 8 heteroatoms. The van der Waals surface area contributed by atoms with Crippen LogP contribution in [0.5, 0.6) is 0 Å². The Hall–Kier alpha value is -1.25. The molecular formula is C11H15N3O4S. The number of ketones is 1. The summed E-state index contributed by atoms with van der Waals surface area (Å²) in [5.74, 6) is -0.288. The Morgan fingerprint density at radius 3 is 2.74 bits per heavy atom. The van der Waals surface area contributed by atoms with Gasteiger partial charge in [-0.2, -0.15) is 0 Å². The minimum absolute atomic E-state index is 0.0922. The van der Waals surface area contributed by atoms with Crippen molar-refractivity contribution >= 4 is 15.6 Å². The summed E-state index contributed by atoms with van der Waals surface area (Å²) in [7, 11) is -3.25. The van der Waals surface area contributed by atoms with Crippen molar-refractivity contribution in [3.63, 3.8) is 0 Å². The van der Waals surface area contributed by atoms with Crippen molar-refractivity contribution in [2.24, 2.45) is 0 Å². The van der Waals surface area contributed by atoms with Gasteiger partial charge in [0.1, 0.15) is 17.7 Å². The smallest absolute Gasteiger partial charge is 0.209 e. The standard InChI is InChI=1S/C11H15N3O4S/c15-11(8-1-2-13-8)9-5-18-10(14-9)6-19(16,17)7-3-12-4-7/h5,7-8,12-13H,1-4,6H2. The van der Waals surface area contributed by atoms with Gasteiger partial charge in [0, 0.05) is 13.1 Å². The Morgan fingerprint density at radius 2 is 2.21 bits per heavy atom. The molecule has 2 aliphatic rings. The fourth-order valence-electron chi connectivity index (χ4n) is 1.99. The van der Waals surface area contributed by atoms with Gasteiger partial charge in [0.05, 0.1) is 11.3 Å². The summed E-state index contributed by atoms with van der Waals surface area (Å²) in [5, 5.41) is 5.53. The zero-order valence-electron chi connectivity index (χ0n) is 10.3. The van der Waals surface area contributed by atoms with E-state index in [1.54, 1.807) is 0 Å². The highest BCUT2D eigenvalue weighted by Crippen LogP contribution is 2.16. The third-order valence-corrected chi connectivity index (χ3v) is 5.52. The van der Waals surface area contributed by atoms with Crippen molar-refractivity contribution < 1.29 is 17.6 Å². The molecule has 0 bridgehead atoms. The second kappa shape index (κ2) is 4.69. The molecule has 2 fully saturated rings.